The third-order valence-corrected chi connectivity index (χ3v) is 4.35. The average molecular weight is 391 g/mol. The Labute approximate surface area is 165 Å². The summed E-state index contributed by atoms with van der Waals surface area (Å²) in [6.45, 7) is 2.37. The highest BCUT2D eigenvalue weighted by Crippen LogP contribution is 2.26. The molecular formula is C21H17N3O5. The van der Waals surface area contributed by atoms with Gasteiger partial charge in [-0.1, -0.05) is 24.2 Å². The molecule has 0 N–H and O–H groups in total. The molecule has 0 spiro atoms. The van der Waals surface area contributed by atoms with E-state index in [4.69, 9.17) is 13.7 Å². The van der Waals surface area contributed by atoms with Crippen LogP contribution in [0.25, 0.3) is 23.0 Å². The Bertz CT molecular complexity index is 1110. The van der Waals surface area contributed by atoms with E-state index in [1.165, 1.54) is 17.7 Å². The van der Waals surface area contributed by atoms with Crippen LogP contribution in [0, 0.1) is 10.1 Å². The van der Waals surface area contributed by atoms with Crippen LogP contribution in [0.3, 0.4) is 0 Å². The Balaban J connectivity index is 1.43. The molecule has 0 radical (unpaired) electrons. The molecule has 0 aliphatic carbocycles. The van der Waals surface area contributed by atoms with Crippen molar-refractivity contribution in [3.05, 3.63) is 82.1 Å². The van der Waals surface area contributed by atoms with Gasteiger partial charge in [0.2, 0.25) is 5.82 Å². The maximum atomic E-state index is 10.7. The van der Waals surface area contributed by atoms with E-state index in [-0.39, 0.29) is 18.2 Å². The van der Waals surface area contributed by atoms with E-state index in [1.54, 1.807) is 24.3 Å². The summed E-state index contributed by atoms with van der Waals surface area (Å²) in [5, 5.41) is 14.7. The average Bonchev–Trinajstić information content (AvgIpc) is 3.42. The lowest BCUT2D eigenvalue weighted by molar-refractivity contribution is -0.384. The van der Waals surface area contributed by atoms with Crippen LogP contribution in [0.4, 0.5) is 5.69 Å². The summed E-state index contributed by atoms with van der Waals surface area (Å²) in [4.78, 5) is 14.6. The summed E-state index contributed by atoms with van der Waals surface area (Å²) in [5.41, 5.74) is 1.85. The number of aromatic nitrogens is 2. The number of hydrogen-bond acceptors (Lipinski definition) is 7. The van der Waals surface area contributed by atoms with Crippen LogP contribution in [0.5, 0.6) is 5.75 Å². The third kappa shape index (κ3) is 4.16. The maximum absolute atomic E-state index is 10.7. The highest BCUT2D eigenvalue weighted by Gasteiger charge is 2.15. The van der Waals surface area contributed by atoms with Crippen LogP contribution >= 0.6 is 0 Å². The van der Waals surface area contributed by atoms with Gasteiger partial charge in [-0.2, -0.15) is 4.98 Å². The van der Waals surface area contributed by atoms with Gasteiger partial charge >= 0.3 is 0 Å². The van der Waals surface area contributed by atoms with E-state index >= 15 is 0 Å². The van der Waals surface area contributed by atoms with Gasteiger partial charge in [0.25, 0.3) is 11.6 Å². The zero-order valence-electron chi connectivity index (χ0n) is 15.6. The van der Waals surface area contributed by atoms with E-state index in [0.29, 0.717) is 22.9 Å². The number of furan rings is 1. The Morgan fingerprint density at radius 1 is 1.03 bits per heavy atom. The molecule has 8 nitrogen and oxygen atoms in total. The van der Waals surface area contributed by atoms with Crippen LogP contribution in [-0.2, 0) is 13.0 Å². The first-order chi connectivity index (χ1) is 14.1. The SMILES string of the molecule is CCc1ccc(OCc2ccc(-c3nc(-c4ccc([N+](=O)[O-])cc4)no3)o2)cc1. The Morgan fingerprint density at radius 2 is 1.79 bits per heavy atom. The van der Waals surface area contributed by atoms with Crippen LogP contribution in [0.1, 0.15) is 18.2 Å². The first kappa shape index (κ1) is 18.4. The summed E-state index contributed by atoms with van der Waals surface area (Å²) in [7, 11) is 0. The van der Waals surface area contributed by atoms with Gasteiger partial charge in [0.05, 0.1) is 4.92 Å². The molecule has 146 valence electrons. The van der Waals surface area contributed by atoms with Gasteiger partial charge in [0, 0.05) is 17.7 Å². The van der Waals surface area contributed by atoms with Crippen molar-refractivity contribution >= 4 is 5.69 Å². The molecule has 0 amide bonds. The van der Waals surface area contributed by atoms with Crippen molar-refractivity contribution in [3.8, 4) is 28.8 Å². The van der Waals surface area contributed by atoms with Gasteiger partial charge in [0.1, 0.15) is 18.1 Å². The first-order valence-corrected chi connectivity index (χ1v) is 9.01. The van der Waals surface area contributed by atoms with Crippen molar-refractivity contribution in [2.45, 2.75) is 20.0 Å². The lowest BCUT2D eigenvalue weighted by atomic mass is 10.2. The highest BCUT2D eigenvalue weighted by atomic mass is 16.6. The van der Waals surface area contributed by atoms with E-state index < -0.39 is 4.92 Å². The monoisotopic (exact) mass is 391 g/mol. The number of hydrogen-bond donors (Lipinski definition) is 0. The molecule has 2 aromatic heterocycles. The van der Waals surface area contributed by atoms with E-state index in [9.17, 15) is 10.1 Å². The van der Waals surface area contributed by atoms with Gasteiger partial charge in [-0.25, -0.2) is 0 Å². The molecule has 0 atom stereocenters. The van der Waals surface area contributed by atoms with E-state index in [0.717, 1.165) is 12.2 Å². The van der Waals surface area contributed by atoms with Crippen LogP contribution in [0.15, 0.2) is 69.6 Å². The molecule has 0 unspecified atom stereocenters. The minimum absolute atomic E-state index is 0.00233. The second kappa shape index (κ2) is 7.97. The van der Waals surface area contributed by atoms with Crippen LogP contribution in [0.2, 0.25) is 0 Å². The normalized spacial score (nSPS) is 10.8. The second-order valence-electron chi connectivity index (χ2n) is 6.28. The molecular weight excluding hydrogens is 374 g/mol. The summed E-state index contributed by atoms with van der Waals surface area (Å²) in [6.07, 6.45) is 0.980. The molecule has 0 saturated heterocycles. The Kier molecular flexibility index (Phi) is 5.07. The molecule has 0 aliphatic heterocycles. The predicted molar refractivity (Wildman–Crippen MR) is 104 cm³/mol. The summed E-state index contributed by atoms with van der Waals surface area (Å²) < 4.78 is 16.7. The fraction of sp³-hybridized carbons (Fsp3) is 0.143. The first-order valence-electron chi connectivity index (χ1n) is 9.01. The maximum Gasteiger partial charge on any atom is 0.293 e. The molecule has 4 aromatic rings. The summed E-state index contributed by atoms with van der Waals surface area (Å²) in [5.74, 6) is 2.34. The van der Waals surface area contributed by atoms with Gasteiger partial charge < -0.3 is 13.7 Å². The largest absolute Gasteiger partial charge is 0.486 e. The topological polar surface area (TPSA) is 104 Å². The smallest absolute Gasteiger partial charge is 0.293 e. The van der Waals surface area contributed by atoms with Gasteiger partial charge in [-0.15, -0.1) is 0 Å². The number of nitrogens with zero attached hydrogens (tertiary/aromatic N) is 3. The number of benzene rings is 2. The van der Waals surface area contributed by atoms with Crippen molar-refractivity contribution < 1.29 is 18.6 Å². The van der Waals surface area contributed by atoms with Crippen molar-refractivity contribution in [1.29, 1.82) is 0 Å². The van der Waals surface area contributed by atoms with Gasteiger partial charge in [-0.05, 0) is 48.4 Å². The third-order valence-electron chi connectivity index (χ3n) is 4.35. The molecule has 2 heterocycles. The minimum atomic E-state index is -0.462. The summed E-state index contributed by atoms with van der Waals surface area (Å²) >= 11 is 0. The van der Waals surface area contributed by atoms with Crippen molar-refractivity contribution in [1.82, 2.24) is 10.1 Å². The van der Waals surface area contributed by atoms with Crippen molar-refractivity contribution in [3.63, 3.8) is 0 Å². The fourth-order valence-corrected chi connectivity index (χ4v) is 2.72. The number of nitro benzene ring substituents is 1. The van der Waals surface area contributed by atoms with Crippen LogP contribution in [-0.4, -0.2) is 15.1 Å². The minimum Gasteiger partial charge on any atom is -0.486 e. The molecule has 29 heavy (non-hydrogen) atoms. The molecule has 8 heteroatoms. The molecule has 0 saturated carbocycles. The highest BCUT2D eigenvalue weighted by molar-refractivity contribution is 5.59. The number of non-ortho nitro benzene ring substituents is 1. The molecule has 0 fully saturated rings. The van der Waals surface area contributed by atoms with E-state index in [1.807, 2.05) is 24.3 Å². The number of ether oxygens (including phenoxy) is 1. The molecule has 4 rings (SSSR count). The standard InChI is InChI=1S/C21H17N3O5/c1-2-14-3-9-17(10-4-14)27-13-18-11-12-19(28-18)21-22-20(23-29-21)15-5-7-16(8-6-15)24(25)26/h3-12H,2,13H2,1H3. The zero-order chi connectivity index (χ0) is 20.2. The Hall–Kier alpha value is -3.94. The lowest BCUT2D eigenvalue weighted by Gasteiger charge is -2.04. The van der Waals surface area contributed by atoms with Gasteiger partial charge in [-0.3, -0.25) is 10.1 Å². The van der Waals surface area contributed by atoms with Crippen molar-refractivity contribution in [2.24, 2.45) is 0 Å². The lowest BCUT2D eigenvalue weighted by Crippen LogP contribution is -1.93. The summed E-state index contributed by atoms with van der Waals surface area (Å²) in [6, 6.07) is 17.3. The van der Waals surface area contributed by atoms with Crippen molar-refractivity contribution in [2.75, 3.05) is 0 Å². The zero-order valence-corrected chi connectivity index (χ0v) is 15.6. The number of rotatable bonds is 7. The fourth-order valence-electron chi connectivity index (χ4n) is 2.72. The second-order valence-corrected chi connectivity index (χ2v) is 6.28. The molecule has 2 aromatic carbocycles. The Morgan fingerprint density at radius 3 is 2.48 bits per heavy atom. The number of aryl methyl sites for hydroxylation is 1. The number of nitro groups is 1. The molecule has 0 aliphatic rings. The molecule has 0 bridgehead atoms. The van der Waals surface area contributed by atoms with Gasteiger partial charge in [0.15, 0.2) is 5.76 Å². The predicted octanol–water partition coefficient (Wildman–Crippen LogP) is 5.05. The van der Waals surface area contributed by atoms with Crippen LogP contribution < -0.4 is 4.74 Å². The van der Waals surface area contributed by atoms with E-state index in [2.05, 4.69) is 17.1 Å². The quantitative estimate of drug-likeness (QED) is 0.321.